The Bertz CT molecular complexity index is 1180. The van der Waals surface area contributed by atoms with Crippen molar-refractivity contribution in [2.75, 3.05) is 34.3 Å². The molecule has 7 nitrogen and oxygen atoms in total. The Labute approximate surface area is 194 Å². The van der Waals surface area contributed by atoms with E-state index in [1.54, 1.807) is 7.11 Å². The predicted molar refractivity (Wildman–Crippen MR) is 128 cm³/mol. The summed E-state index contributed by atoms with van der Waals surface area (Å²) in [5, 5.41) is 1.06. The average molecular weight is 449 g/mol. The molecule has 1 aromatic carbocycles. The number of methoxy groups -OCH3 is 1. The van der Waals surface area contributed by atoms with Crippen molar-refractivity contribution >= 4 is 22.8 Å². The van der Waals surface area contributed by atoms with Crippen LogP contribution in [0.2, 0.25) is 0 Å². The van der Waals surface area contributed by atoms with Gasteiger partial charge in [0.15, 0.2) is 0 Å². The number of nitrogens with one attached hydrogen (secondary N) is 1. The van der Waals surface area contributed by atoms with Crippen LogP contribution in [-0.2, 0) is 11.2 Å². The van der Waals surface area contributed by atoms with E-state index in [1.165, 1.54) is 4.90 Å². The zero-order chi connectivity index (χ0) is 23.3. The van der Waals surface area contributed by atoms with E-state index >= 15 is 0 Å². The molecule has 5 rings (SSSR count). The number of rotatable bonds is 6. The first-order valence-corrected chi connectivity index (χ1v) is 11.7. The van der Waals surface area contributed by atoms with Crippen LogP contribution in [0.25, 0.3) is 10.9 Å². The lowest BCUT2D eigenvalue weighted by Crippen LogP contribution is -2.53. The summed E-state index contributed by atoms with van der Waals surface area (Å²) < 4.78 is 5.48. The molecule has 174 valence electrons. The Hall–Kier alpha value is -3.06. The lowest BCUT2D eigenvalue weighted by Gasteiger charge is -2.43. The van der Waals surface area contributed by atoms with Crippen molar-refractivity contribution in [2.45, 2.75) is 44.2 Å². The first-order valence-electron chi connectivity index (χ1n) is 11.7. The van der Waals surface area contributed by atoms with E-state index in [0.717, 1.165) is 59.3 Å². The Morgan fingerprint density at radius 2 is 2.06 bits per heavy atom. The molecule has 1 fully saturated rings. The first-order chi connectivity index (χ1) is 15.8. The van der Waals surface area contributed by atoms with Crippen molar-refractivity contribution in [1.29, 1.82) is 0 Å². The van der Waals surface area contributed by atoms with E-state index in [9.17, 15) is 9.59 Å². The molecule has 1 N–H and O–H groups in total. The summed E-state index contributed by atoms with van der Waals surface area (Å²) in [6.07, 6.45) is 9.65. The molecule has 7 heteroatoms. The molecule has 3 aliphatic rings. The van der Waals surface area contributed by atoms with Gasteiger partial charge in [0, 0.05) is 29.6 Å². The van der Waals surface area contributed by atoms with Gasteiger partial charge in [-0.1, -0.05) is 18.2 Å². The van der Waals surface area contributed by atoms with Crippen molar-refractivity contribution in [3.63, 3.8) is 0 Å². The molecule has 0 bridgehead atoms. The zero-order valence-electron chi connectivity index (χ0n) is 19.9. The van der Waals surface area contributed by atoms with E-state index < -0.39 is 5.54 Å². The van der Waals surface area contributed by atoms with Crippen LogP contribution < -0.4 is 4.74 Å². The topological polar surface area (TPSA) is 68.9 Å². The Kier molecular flexibility index (Phi) is 5.32. The van der Waals surface area contributed by atoms with Gasteiger partial charge in [0.2, 0.25) is 0 Å². The van der Waals surface area contributed by atoms with Gasteiger partial charge in [-0.3, -0.25) is 14.6 Å². The summed E-state index contributed by atoms with van der Waals surface area (Å²) in [6, 6.07) is 5.48. The SMILES string of the molecule is COc1ccc2[nH]c3c(c2c1)C[C@@]1(C)C(=O)N(CCCN(C)C)C(=O)N1[C@@H]3C1=CCCC=C1. The summed E-state index contributed by atoms with van der Waals surface area (Å²) in [7, 11) is 5.67. The van der Waals surface area contributed by atoms with Crippen molar-refractivity contribution < 1.29 is 14.3 Å². The minimum Gasteiger partial charge on any atom is -0.497 e. The number of allylic oxidation sites excluding steroid dienone is 2. The lowest BCUT2D eigenvalue weighted by molar-refractivity contribution is -0.133. The number of urea groups is 1. The number of carbonyl (C=O) groups excluding carboxylic acids is 2. The van der Waals surface area contributed by atoms with Crippen LogP contribution in [0.15, 0.2) is 42.0 Å². The molecule has 2 atom stereocenters. The van der Waals surface area contributed by atoms with Crippen LogP contribution >= 0.6 is 0 Å². The Morgan fingerprint density at radius 3 is 2.76 bits per heavy atom. The van der Waals surface area contributed by atoms with Crippen LogP contribution in [0.3, 0.4) is 0 Å². The van der Waals surface area contributed by atoms with Gasteiger partial charge in [-0.25, -0.2) is 4.79 Å². The monoisotopic (exact) mass is 448 g/mol. The molecule has 3 heterocycles. The molecule has 1 aliphatic carbocycles. The number of carbonyl (C=O) groups is 2. The van der Waals surface area contributed by atoms with Gasteiger partial charge in [-0.15, -0.1) is 0 Å². The van der Waals surface area contributed by atoms with Gasteiger partial charge in [0.1, 0.15) is 11.3 Å². The number of hydrogen-bond donors (Lipinski definition) is 1. The minimum atomic E-state index is -0.919. The highest BCUT2D eigenvalue weighted by atomic mass is 16.5. The van der Waals surface area contributed by atoms with Gasteiger partial charge in [-0.2, -0.15) is 0 Å². The summed E-state index contributed by atoms with van der Waals surface area (Å²) in [5.41, 5.74) is 3.26. The lowest BCUT2D eigenvalue weighted by atomic mass is 9.80. The molecule has 1 saturated heterocycles. The maximum Gasteiger partial charge on any atom is 0.328 e. The molecule has 0 spiro atoms. The van der Waals surface area contributed by atoms with Crippen molar-refractivity contribution in [2.24, 2.45) is 0 Å². The Morgan fingerprint density at radius 1 is 1.24 bits per heavy atom. The number of fused-ring (bicyclic) bond motifs is 4. The van der Waals surface area contributed by atoms with E-state index in [1.807, 2.05) is 44.1 Å². The van der Waals surface area contributed by atoms with Gasteiger partial charge >= 0.3 is 6.03 Å². The number of benzene rings is 1. The average Bonchev–Trinajstić information content (AvgIpc) is 3.25. The number of H-pyrrole nitrogens is 1. The second kappa shape index (κ2) is 8.06. The summed E-state index contributed by atoms with van der Waals surface area (Å²) in [4.78, 5) is 36.5. The van der Waals surface area contributed by atoms with Gasteiger partial charge in [-0.05, 0) is 76.2 Å². The Balaban J connectivity index is 1.63. The van der Waals surface area contributed by atoms with Gasteiger partial charge < -0.3 is 14.6 Å². The predicted octanol–water partition coefficient (Wildman–Crippen LogP) is 4.02. The zero-order valence-corrected chi connectivity index (χ0v) is 19.9. The van der Waals surface area contributed by atoms with Crippen molar-refractivity contribution in [3.05, 3.63) is 53.3 Å². The number of aromatic amines is 1. The largest absolute Gasteiger partial charge is 0.497 e. The molecular formula is C26H32N4O3. The third kappa shape index (κ3) is 3.37. The minimum absolute atomic E-state index is 0.0976. The van der Waals surface area contributed by atoms with Crippen LogP contribution in [0, 0.1) is 0 Å². The summed E-state index contributed by atoms with van der Waals surface area (Å²) in [5.74, 6) is 0.684. The number of ether oxygens (including phenoxy) is 1. The number of nitrogens with zero attached hydrogens (tertiary/aromatic N) is 3. The highest BCUT2D eigenvalue weighted by Gasteiger charge is 2.60. The molecule has 2 aromatic rings. The molecule has 33 heavy (non-hydrogen) atoms. The van der Waals surface area contributed by atoms with Crippen LogP contribution in [0.1, 0.15) is 43.5 Å². The molecule has 0 radical (unpaired) electrons. The van der Waals surface area contributed by atoms with Gasteiger partial charge in [0.05, 0.1) is 13.2 Å². The third-order valence-corrected chi connectivity index (χ3v) is 7.20. The third-order valence-electron chi connectivity index (χ3n) is 7.20. The van der Waals surface area contributed by atoms with E-state index in [2.05, 4.69) is 28.1 Å². The smallest absolute Gasteiger partial charge is 0.328 e. The molecule has 0 saturated carbocycles. The molecule has 0 unspecified atom stereocenters. The second-order valence-electron chi connectivity index (χ2n) is 9.73. The van der Waals surface area contributed by atoms with E-state index in [-0.39, 0.29) is 18.0 Å². The fourth-order valence-electron chi connectivity index (χ4n) is 5.54. The molecule has 3 amide bonds. The van der Waals surface area contributed by atoms with Gasteiger partial charge in [0.25, 0.3) is 5.91 Å². The van der Waals surface area contributed by atoms with E-state index in [4.69, 9.17) is 4.74 Å². The summed E-state index contributed by atoms with van der Waals surface area (Å²) in [6.45, 7) is 3.20. The van der Waals surface area contributed by atoms with Crippen LogP contribution in [0.4, 0.5) is 4.79 Å². The molecule has 1 aromatic heterocycles. The first kappa shape index (κ1) is 21.8. The number of hydrogen-bond acceptors (Lipinski definition) is 4. The fourth-order valence-corrected chi connectivity index (χ4v) is 5.54. The molecular weight excluding hydrogens is 416 g/mol. The van der Waals surface area contributed by atoms with E-state index in [0.29, 0.717) is 13.0 Å². The number of amides is 3. The van der Waals surface area contributed by atoms with Crippen LogP contribution in [-0.4, -0.2) is 71.5 Å². The standard InChI is InChI=1S/C26H32N4O3/c1-26-16-20-19-15-18(33-4)11-12-21(19)27-22(20)23(17-9-6-5-7-10-17)30(26)25(32)29(24(26)31)14-8-13-28(2)3/h6,9-12,15,23,27H,5,7-8,13-14,16H2,1-4H3/t23-,26+/m1/s1. The fraction of sp³-hybridized carbons (Fsp3) is 0.462. The highest BCUT2D eigenvalue weighted by Crippen LogP contribution is 2.49. The van der Waals surface area contributed by atoms with Crippen molar-refractivity contribution in [1.82, 2.24) is 19.7 Å². The van der Waals surface area contributed by atoms with Crippen LogP contribution in [0.5, 0.6) is 5.75 Å². The number of imide groups is 1. The van der Waals surface area contributed by atoms with Crippen molar-refractivity contribution in [3.8, 4) is 5.75 Å². The summed E-state index contributed by atoms with van der Waals surface area (Å²) >= 11 is 0. The number of aromatic nitrogens is 1. The normalized spacial score (nSPS) is 24.5. The maximum absolute atomic E-state index is 13.7. The highest BCUT2D eigenvalue weighted by molar-refractivity contribution is 6.08. The molecule has 2 aliphatic heterocycles. The second-order valence-corrected chi connectivity index (χ2v) is 9.73. The maximum atomic E-state index is 13.7. The quantitative estimate of drug-likeness (QED) is 0.678.